The van der Waals surface area contributed by atoms with Crippen LogP contribution in [0.25, 0.3) is 16.7 Å². The molecule has 2 aromatic carbocycles. The van der Waals surface area contributed by atoms with Crippen LogP contribution in [0.1, 0.15) is 36.8 Å². The quantitative estimate of drug-likeness (QED) is 0.160. The first-order valence-electron chi connectivity index (χ1n) is 12.9. The number of likely N-dealkylation sites (tertiary alicyclic amines) is 1. The Bertz CT molecular complexity index is 1630. The predicted octanol–water partition coefficient (Wildman–Crippen LogP) is 3.33. The van der Waals surface area contributed by atoms with E-state index in [1.807, 2.05) is 18.3 Å². The van der Waals surface area contributed by atoms with E-state index >= 15 is 0 Å². The molecule has 0 unspecified atom stereocenters. The molecule has 0 spiro atoms. The largest absolute Gasteiger partial charge is 0.465 e. The summed E-state index contributed by atoms with van der Waals surface area (Å²) < 4.78 is 7.56. The number of aromatic amines is 1. The molecule has 1 N–H and O–H groups in total. The molecule has 3 heterocycles. The van der Waals surface area contributed by atoms with Gasteiger partial charge in [0.2, 0.25) is 0 Å². The van der Waals surface area contributed by atoms with Crippen molar-refractivity contribution in [1.82, 2.24) is 19.0 Å². The first-order chi connectivity index (χ1) is 18.8. The number of esters is 1. The molecule has 0 amide bonds. The SMILES string of the molecule is CCOC(=O)Cn1c(=O)c(=O)[nH]c2cc([N+](=O)[O-])c(-n3ccc(CN4CCC(c5ccccc5)CC4)c3)cc21. The molecule has 39 heavy (non-hydrogen) atoms. The maximum absolute atomic E-state index is 12.6. The molecule has 11 nitrogen and oxygen atoms in total. The lowest BCUT2D eigenvalue weighted by atomic mass is 9.89. The Hall–Kier alpha value is -4.51. The fourth-order valence-corrected chi connectivity index (χ4v) is 5.23. The normalized spacial score (nSPS) is 14.5. The van der Waals surface area contributed by atoms with Gasteiger partial charge in [0.1, 0.15) is 12.2 Å². The maximum atomic E-state index is 12.6. The van der Waals surface area contributed by atoms with Crippen molar-refractivity contribution in [1.29, 1.82) is 0 Å². The van der Waals surface area contributed by atoms with Crippen LogP contribution in [0.15, 0.2) is 70.5 Å². The van der Waals surface area contributed by atoms with Crippen LogP contribution in [0.4, 0.5) is 5.69 Å². The van der Waals surface area contributed by atoms with E-state index in [0.717, 1.165) is 36.1 Å². The summed E-state index contributed by atoms with van der Waals surface area (Å²) in [6.45, 7) is 3.87. The van der Waals surface area contributed by atoms with E-state index in [9.17, 15) is 24.5 Å². The topological polar surface area (TPSA) is 132 Å². The van der Waals surface area contributed by atoms with Crippen LogP contribution in [0.3, 0.4) is 0 Å². The van der Waals surface area contributed by atoms with Gasteiger partial charge in [0.05, 0.1) is 22.6 Å². The van der Waals surface area contributed by atoms with E-state index in [-0.39, 0.29) is 29.0 Å². The van der Waals surface area contributed by atoms with Gasteiger partial charge in [-0.25, -0.2) is 0 Å². The lowest BCUT2D eigenvalue weighted by molar-refractivity contribution is -0.384. The number of fused-ring (bicyclic) bond motifs is 1. The number of hydrogen-bond donors (Lipinski definition) is 1. The number of aromatic nitrogens is 3. The van der Waals surface area contributed by atoms with Crippen molar-refractivity contribution in [3.63, 3.8) is 0 Å². The minimum absolute atomic E-state index is 0.0769. The van der Waals surface area contributed by atoms with Gasteiger partial charge in [0, 0.05) is 25.0 Å². The average molecular weight is 532 g/mol. The van der Waals surface area contributed by atoms with E-state index in [1.54, 1.807) is 17.7 Å². The van der Waals surface area contributed by atoms with Gasteiger partial charge in [-0.1, -0.05) is 30.3 Å². The van der Waals surface area contributed by atoms with E-state index < -0.39 is 28.6 Å². The second-order valence-electron chi connectivity index (χ2n) is 9.65. The predicted molar refractivity (Wildman–Crippen MR) is 145 cm³/mol. The Morgan fingerprint density at radius 2 is 1.87 bits per heavy atom. The van der Waals surface area contributed by atoms with Gasteiger partial charge in [0.25, 0.3) is 5.69 Å². The fraction of sp³-hybridized carbons (Fsp3) is 0.321. The molecule has 11 heteroatoms. The summed E-state index contributed by atoms with van der Waals surface area (Å²) in [5, 5.41) is 12.0. The van der Waals surface area contributed by atoms with E-state index in [1.165, 1.54) is 17.7 Å². The van der Waals surface area contributed by atoms with Gasteiger partial charge in [0.15, 0.2) is 0 Å². The number of nitrogens with zero attached hydrogens (tertiary/aromatic N) is 4. The van der Waals surface area contributed by atoms with Crippen molar-refractivity contribution in [2.45, 2.75) is 38.8 Å². The first-order valence-corrected chi connectivity index (χ1v) is 12.9. The summed E-state index contributed by atoms with van der Waals surface area (Å²) in [7, 11) is 0. The number of nitro benzene ring substituents is 1. The zero-order valence-electron chi connectivity index (χ0n) is 21.5. The molecule has 4 aromatic rings. The molecule has 0 aliphatic carbocycles. The molecule has 1 aliphatic rings. The highest BCUT2D eigenvalue weighted by Gasteiger charge is 2.23. The molecule has 0 atom stereocenters. The second kappa shape index (κ2) is 11.1. The van der Waals surface area contributed by atoms with Crippen LogP contribution < -0.4 is 11.1 Å². The Morgan fingerprint density at radius 1 is 1.13 bits per heavy atom. The molecular formula is C28H29N5O6. The van der Waals surface area contributed by atoms with Gasteiger partial charge in [-0.2, -0.15) is 0 Å². The van der Waals surface area contributed by atoms with Crippen LogP contribution in [0, 0.1) is 10.1 Å². The number of nitrogens with one attached hydrogen (secondary N) is 1. The average Bonchev–Trinajstić information content (AvgIpc) is 3.40. The summed E-state index contributed by atoms with van der Waals surface area (Å²) in [5.74, 6) is -0.142. The smallest absolute Gasteiger partial charge is 0.326 e. The minimum atomic E-state index is -0.979. The molecule has 2 aromatic heterocycles. The number of ether oxygens (including phenoxy) is 1. The van der Waals surface area contributed by atoms with Gasteiger partial charge < -0.3 is 14.3 Å². The fourth-order valence-electron chi connectivity index (χ4n) is 5.23. The number of carbonyl (C=O) groups excluding carboxylic acids is 1. The number of piperidine rings is 1. The van der Waals surface area contributed by atoms with Gasteiger partial charge in [-0.15, -0.1) is 0 Å². The summed E-state index contributed by atoms with van der Waals surface area (Å²) in [6, 6.07) is 15.1. The van der Waals surface area contributed by atoms with Crippen molar-refractivity contribution < 1.29 is 14.5 Å². The van der Waals surface area contributed by atoms with Crippen molar-refractivity contribution in [2.24, 2.45) is 0 Å². The molecule has 202 valence electrons. The molecule has 1 aliphatic heterocycles. The standard InChI is InChI=1S/C28H29N5O6/c1-2-39-26(34)18-32-23-15-24(25(33(37)38)14-22(23)29-27(35)28(32)36)31-13-8-19(17-31)16-30-11-9-21(10-12-30)20-6-4-3-5-7-20/h3-8,13-15,17,21H,2,9-12,16,18H2,1H3,(H,29,35). The van der Waals surface area contributed by atoms with E-state index in [4.69, 9.17) is 4.74 Å². The van der Waals surface area contributed by atoms with Crippen LogP contribution in [-0.2, 0) is 22.6 Å². The monoisotopic (exact) mass is 531 g/mol. The van der Waals surface area contributed by atoms with Gasteiger partial charge >= 0.3 is 17.1 Å². The van der Waals surface area contributed by atoms with Gasteiger partial charge in [-0.05, 0) is 62.0 Å². The Kier molecular flexibility index (Phi) is 7.42. The third-order valence-corrected chi connectivity index (χ3v) is 7.16. The number of carbonyl (C=O) groups is 1. The Morgan fingerprint density at radius 3 is 2.56 bits per heavy atom. The Labute approximate surface area is 223 Å². The van der Waals surface area contributed by atoms with Crippen molar-refractivity contribution in [3.05, 3.63) is 103 Å². The zero-order valence-corrected chi connectivity index (χ0v) is 21.5. The summed E-state index contributed by atoms with van der Waals surface area (Å²) >= 11 is 0. The number of H-pyrrole nitrogens is 1. The highest BCUT2D eigenvalue weighted by atomic mass is 16.6. The summed E-state index contributed by atoms with van der Waals surface area (Å²) in [4.78, 5) is 53.1. The highest BCUT2D eigenvalue weighted by molar-refractivity contribution is 5.83. The zero-order chi connectivity index (χ0) is 27.5. The lowest BCUT2D eigenvalue weighted by Gasteiger charge is -2.32. The van der Waals surface area contributed by atoms with Gasteiger partial charge in [-0.3, -0.25) is 34.0 Å². The summed E-state index contributed by atoms with van der Waals surface area (Å²) in [5.41, 5.74) is 0.675. The number of benzene rings is 2. The molecule has 0 saturated carbocycles. The van der Waals surface area contributed by atoms with Crippen molar-refractivity contribution in [3.8, 4) is 5.69 Å². The van der Waals surface area contributed by atoms with Crippen LogP contribution in [0.5, 0.6) is 0 Å². The Balaban J connectivity index is 1.42. The summed E-state index contributed by atoms with van der Waals surface area (Å²) in [6.07, 6.45) is 5.70. The lowest BCUT2D eigenvalue weighted by Crippen LogP contribution is -2.38. The van der Waals surface area contributed by atoms with E-state index in [0.29, 0.717) is 12.5 Å². The first kappa shape index (κ1) is 26.1. The van der Waals surface area contributed by atoms with Crippen molar-refractivity contribution >= 4 is 22.7 Å². The van der Waals surface area contributed by atoms with Crippen LogP contribution >= 0.6 is 0 Å². The van der Waals surface area contributed by atoms with Crippen LogP contribution in [0.2, 0.25) is 0 Å². The molecule has 1 saturated heterocycles. The van der Waals surface area contributed by atoms with Crippen molar-refractivity contribution in [2.75, 3.05) is 19.7 Å². The van der Waals surface area contributed by atoms with Crippen LogP contribution in [-0.4, -0.2) is 49.6 Å². The molecule has 0 bridgehead atoms. The minimum Gasteiger partial charge on any atom is -0.465 e. The third kappa shape index (κ3) is 5.53. The molecule has 0 radical (unpaired) electrons. The maximum Gasteiger partial charge on any atom is 0.326 e. The third-order valence-electron chi connectivity index (χ3n) is 7.16. The number of hydrogen-bond acceptors (Lipinski definition) is 7. The number of nitro groups is 1. The number of rotatable bonds is 8. The molecular weight excluding hydrogens is 502 g/mol. The highest BCUT2D eigenvalue weighted by Crippen LogP contribution is 2.30. The molecule has 1 fully saturated rings. The molecule has 5 rings (SSSR count). The van der Waals surface area contributed by atoms with E-state index in [2.05, 4.69) is 34.1 Å². The second-order valence-corrected chi connectivity index (χ2v) is 9.65.